The molecule has 2 aliphatic rings. The van der Waals surface area contributed by atoms with Crippen molar-refractivity contribution in [1.29, 1.82) is 0 Å². The van der Waals surface area contributed by atoms with E-state index in [1.165, 1.54) is 6.42 Å². The summed E-state index contributed by atoms with van der Waals surface area (Å²) >= 11 is 0. The molecular weight excluding hydrogens is 140 g/mol. The molecule has 2 N–H and O–H groups in total. The van der Waals surface area contributed by atoms with Gasteiger partial charge in [0.2, 0.25) is 5.91 Å². The quantitative estimate of drug-likeness (QED) is 0.582. The van der Waals surface area contributed by atoms with Gasteiger partial charge in [-0.3, -0.25) is 4.79 Å². The lowest BCUT2D eigenvalue weighted by molar-refractivity contribution is -0.124. The zero-order chi connectivity index (χ0) is 7.84. The fourth-order valence-electron chi connectivity index (χ4n) is 1.32. The minimum atomic E-state index is 0.114. The number of amides is 1. The molecule has 0 spiro atoms. The summed E-state index contributed by atoms with van der Waals surface area (Å²) < 4.78 is 0. The van der Waals surface area contributed by atoms with Gasteiger partial charge < -0.3 is 10.6 Å². The number of hydrogen-bond donors (Lipinski definition) is 2. The van der Waals surface area contributed by atoms with Gasteiger partial charge >= 0.3 is 0 Å². The van der Waals surface area contributed by atoms with Crippen LogP contribution in [0.15, 0.2) is 0 Å². The third-order valence-corrected chi connectivity index (χ3v) is 2.58. The van der Waals surface area contributed by atoms with Crippen molar-refractivity contribution in [1.82, 2.24) is 10.6 Å². The summed E-state index contributed by atoms with van der Waals surface area (Å²) in [5.41, 5.74) is 0. The van der Waals surface area contributed by atoms with Crippen LogP contribution < -0.4 is 10.6 Å². The summed E-state index contributed by atoms with van der Waals surface area (Å²) in [5, 5.41) is 6.09. The van der Waals surface area contributed by atoms with E-state index in [1.807, 2.05) is 0 Å². The molecule has 2 unspecified atom stereocenters. The Bertz CT molecular complexity index is 177. The molecule has 3 heteroatoms. The standard InChI is InChI=1S/C8H14N2O/c1-5-4-7(5)10-8(11)6-2-3-9-6/h5-7,9H,2-4H2,1H3,(H,10,11)/t5?,6-,7?/m1/s1. The van der Waals surface area contributed by atoms with E-state index in [2.05, 4.69) is 17.6 Å². The van der Waals surface area contributed by atoms with Crippen molar-refractivity contribution in [3.05, 3.63) is 0 Å². The van der Waals surface area contributed by atoms with Crippen LogP contribution in [-0.4, -0.2) is 24.5 Å². The van der Waals surface area contributed by atoms with Gasteiger partial charge in [0.1, 0.15) is 0 Å². The summed E-state index contributed by atoms with van der Waals surface area (Å²) in [4.78, 5) is 11.2. The van der Waals surface area contributed by atoms with Crippen LogP contribution >= 0.6 is 0 Å². The van der Waals surface area contributed by atoms with Crippen LogP contribution in [0.5, 0.6) is 0 Å². The molecule has 11 heavy (non-hydrogen) atoms. The van der Waals surface area contributed by atoms with E-state index in [1.54, 1.807) is 0 Å². The average molecular weight is 154 g/mol. The Morgan fingerprint density at radius 1 is 1.64 bits per heavy atom. The Morgan fingerprint density at radius 2 is 2.27 bits per heavy atom. The van der Waals surface area contributed by atoms with Gasteiger partial charge in [-0.15, -0.1) is 0 Å². The van der Waals surface area contributed by atoms with Gasteiger partial charge in [0.15, 0.2) is 0 Å². The smallest absolute Gasteiger partial charge is 0.237 e. The first-order valence-electron chi connectivity index (χ1n) is 4.31. The van der Waals surface area contributed by atoms with E-state index < -0.39 is 0 Å². The minimum Gasteiger partial charge on any atom is -0.352 e. The Balaban J connectivity index is 1.73. The largest absolute Gasteiger partial charge is 0.352 e. The van der Waals surface area contributed by atoms with Gasteiger partial charge in [0.05, 0.1) is 6.04 Å². The van der Waals surface area contributed by atoms with Gasteiger partial charge in [0.25, 0.3) is 0 Å². The summed E-state index contributed by atoms with van der Waals surface area (Å²) in [6.07, 6.45) is 2.17. The fourth-order valence-corrected chi connectivity index (χ4v) is 1.32. The lowest BCUT2D eigenvalue weighted by Gasteiger charge is -2.26. The molecule has 1 aliphatic carbocycles. The Morgan fingerprint density at radius 3 is 2.64 bits per heavy atom. The molecule has 3 atom stereocenters. The van der Waals surface area contributed by atoms with E-state index in [4.69, 9.17) is 0 Å². The summed E-state index contributed by atoms with van der Waals surface area (Å²) in [6.45, 7) is 3.16. The van der Waals surface area contributed by atoms with Crippen molar-refractivity contribution in [3.8, 4) is 0 Å². The van der Waals surface area contributed by atoms with E-state index >= 15 is 0 Å². The fraction of sp³-hybridized carbons (Fsp3) is 0.875. The van der Waals surface area contributed by atoms with Crippen molar-refractivity contribution >= 4 is 5.91 Å². The summed E-state index contributed by atoms with van der Waals surface area (Å²) in [6, 6.07) is 0.590. The second-order valence-electron chi connectivity index (χ2n) is 3.62. The molecule has 0 aromatic heterocycles. The molecule has 1 saturated heterocycles. The molecule has 2 fully saturated rings. The molecule has 1 amide bonds. The highest BCUT2D eigenvalue weighted by atomic mass is 16.2. The van der Waals surface area contributed by atoms with Crippen molar-refractivity contribution in [2.45, 2.75) is 31.8 Å². The second kappa shape index (κ2) is 2.48. The minimum absolute atomic E-state index is 0.114. The van der Waals surface area contributed by atoms with Crippen LogP contribution in [0.4, 0.5) is 0 Å². The third-order valence-electron chi connectivity index (χ3n) is 2.58. The van der Waals surface area contributed by atoms with Crippen molar-refractivity contribution in [2.75, 3.05) is 6.54 Å². The first-order chi connectivity index (χ1) is 5.27. The van der Waals surface area contributed by atoms with Gasteiger partial charge in [0, 0.05) is 6.04 Å². The zero-order valence-electron chi connectivity index (χ0n) is 6.76. The molecule has 1 heterocycles. The monoisotopic (exact) mass is 154 g/mol. The van der Waals surface area contributed by atoms with Crippen molar-refractivity contribution in [2.24, 2.45) is 5.92 Å². The van der Waals surface area contributed by atoms with Gasteiger partial charge in [-0.05, 0) is 25.3 Å². The highest BCUT2D eigenvalue weighted by Crippen LogP contribution is 2.29. The van der Waals surface area contributed by atoms with Crippen LogP contribution in [0.2, 0.25) is 0 Å². The van der Waals surface area contributed by atoms with E-state index in [-0.39, 0.29) is 11.9 Å². The van der Waals surface area contributed by atoms with Crippen LogP contribution in [0.3, 0.4) is 0 Å². The average Bonchev–Trinajstić information content (AvgIpc) is 2.40. The number of rotatable bonds is 2. The molecule has 1 saturated carbocycles. The lowest BCUT2D eigenvalue weighted by Crippen LogP contribution is -2.53. The first-order valence-corrected chi connectivity index (χ1v) is 4.31. The molecular formula is C8H14N2O. The summed E-state index contributed by atoms with van der Waals surface area (Å²) in [5.74, 6) is 0.907. The molecule has 3 nitrogen and oxygen atoms in total. The van der Waals surface area contributed by atoms with Crippen LogP contribution in [0, 0.1) is 5.92 Å². The first kappa shape index (κ1) is 7.10. The van der Waals surface area contributed by atoms with Gasteiger partial charge in [-0.2, -0.15) is 0 Å². The Labute approximate surface area is 66.5 Å². The predicted molar refractivity (Wildman–Crippen MR) is 42.1 cm³/mol. The molecule has 2 rings (SSSR count). The van der Waals surface area contributed by atoms with Crippen molar-refractivity contribution < 1.29 is 4.79 Å². The number of carbonyl (C=O) groups is 1. The van der Waals surface area contributed by atoms with Crippen LogP contribution in [0.25, 0.3) is 0 Å². The Hall–Kier alpha value is -0.570. The molecule has 0 radical (unpaired) electrons. The summed E-state index contributed by atoms with van der Waals surface area (Å²) in [7, 11) is 0. The van der Waals surface area contributed by atoms with E-state index in [0.717, 1.165) is 13.0 Å². The number of nitrogens with one attached hydrogen (secondary N) is 2. The van der Waals surface area contributed by atoms with Gasteiger partial charge in [-0.25, -0.2) is 0 Å². The zero-order valence-corrected chi connectivity index (χ0v) is 6.76. The highest BCUT2D eigenvalue weighted by molar-refractivity contribution is 5.83. The Kier molecular flexibility index (Phi) is 1.60. The SMILES string of the molecule is CC1CC1NC(=O)[C@H]1CCN1. The predicted octanol–water partition coefficient (Wildman–Crippen LogP) is -0.127. The maximum absolute atomic E-state index is 11.2. The second-order valence-corrected chi connectivity index (χ2v) is 3.62. The maximum Gasteiger partial charge on any atom is 0.237 e. The van der Waals surface area contributed by atoms with E-state index in [0.29, 0.717) is 12.0 Å². The number of hydrogen-bond acceptors (Lipinski definition) is 2. The molecule has 0 aromatic rings. The van der Waals surface area contributed by atoms with Gasteiger partial charge in [-0.1, -0.05) is 6.92 Å². The molecule has 0 aromatic carbocycles. The highest BCUT2D eigenvalue weighted by Gasteiger charge is 2.36. The normalized spacial score (nSPS) is 41.0. The number of carbonyl (C=O) groups excluding carboxylic acids is 1. The molecule has 62 valence electrons. The lowest BCUT2D eigenvalue weighted by atomic mass is 10.1. The topological polar surface area (TPSA) is 41.1 Å². The van der Waals surface area contributed by atoms with Crippen LogP contribution in [0.1, 0.15) is 19.8 Å². The van der Waals surface area contributed by atoms with E-state index in [9.17, 15) is 4.79 Å². The van der Waals surface area contributed by atoms with Crippen LogP contribution in [-0.2, 0) is 4.79 Å². The van der Waals surface area contributed by atoms with Crippen molar-refractivity contribution in [3.63, 3.8) is 0 Å². The maximum atomic E-state index is 11.2. The molecule has 0 bridgehead atoms. The third kappa shape index (κ3) is 1.38. The molecule has 1 aliphatic heterocycles.